The number of nitrogens with one attached hydrogen (secondary N) is 1. The van der Waals surface area contributed by atoms with E-state index in [1.807, 2.05) is 37.7 Å². The highest BCUT2D eigenvalue weighted by atomic mass is 16.5. The van der Waals surface area contributed by atoms with E-state index in [2.05, 4.69) is 40.0 Å². The van der Waals surface area contributed by atoms with Gasteiger partial charge < -0.3 is 19.3 Å². The van der Waals surface area contributed by atoms with Crippen LogP contribution in [-0.2, 0) is 31.5 Å². The number of aliphatic hydroxyl groups excluding tert-OH is 1. The number of rotatable bonds is 7. The van der Waals surface area contributed by atoms with Gasteiger partial charge in [-0.3, -0.25) is 14.7 Å². The van der Waals surface area contributed by atoms with Gasteiger partial charge in [-0.1, -0.05) is 6.92 Å². The van der Waals surface area contributed by atoms with E-state index in [0.29, 0.717) is 43.6 Å². The van der Waals surface area contributed by atoms with Crippen molar-refractivity contribution in [2.45, 2.75) is 72.6 Å². The predicted octanol–water partition coefficient (Wildman–Crippen LogP) is 3.64. The van der Waals surface area contributed by atoms with Crippen LogP contribution in [0.4, 0.5) is 0 Å². The molecule has 0 saturated carbocycles. The molecule has 0 saturated heterocycles. The Bertz CT molecular complexity index is 1530. The number of aromatic nitrogens is 7. The van der Waals surface area contributed by atoms with E-state index in [1.54, 1.807) is 24.9 Å². The van der Waals surface area contributed by atoms with E-state index < -0.39 is 6.10 Å². The van der Waals surface area contributed by atoms with E-state index in [9.17, 15) is 5.11 Å². The second kappa shape index (κ2) is 12.0. The molecule has 4 aromatic rings. The first-order valence-electron chi connectivity index (χ1n) is 14.1. The molecule has 41 heavy (non-hydrogen) atoms. The summed E-state index contributed by atoms with van der Waals surface area (Å²) in [6, 6.07) is 2.06. The molecule has 12 heteroatoms. The number of methoxy groups -OCH3 is 1. The lowest BCUT2D eigenvalue weighted by atomic mass is 10.1. The van der Waals surface area contributed by atoms with E-state index >= 15 is 0 Å². The van der Waals surface area contributed by atoms with Crippen LogP contribution in [0.2, 0.25) is 0 Å². The van der Waals surface area contributed by atoms with E-state index in [0.717, 1.165) is 45.7 Å². The zero-order chi connectivity index (χ0) is 29.3. The van der Waals surface area contributed by atoms with Gasteiger partial charge in [0, 0.05) is 44.4 Å². The first-order chi connectivity index (χ1) is 19.7. The van der Waals surface area contributed by atoms with E-state index in [-0.39, 0.29) is 12.2 Å². The molecule has 5 heterocycles. The van der Waals surface area contributed by atoms with Gasteiger partial charge in [-0.2, -0.15) is 10.2 Å². The summed E-state index contributed by atoms with van der Waals surface area (Å²) >= 11 is 0. The Morgan fingerprint density at radius 1 is 1.22 bits per heavy atom. The Kier molecular flexibility index (Phi) is 8.43. The maximum absolute atomic E-state index is 10.3. The Labute approximate surface area is 239 Å². The quantitative estimate of drug-likeness (QED) is 0.346. The Hall–Kier alpha value is -3.74. The Balaban J connectivity index is 1.72. The number of nitrogens with zero attached hydrogens (tertiary/aromatic N) is 7. The number of pyridine rings is 1. The molecule has 12 nitrogen and oxygen atoms in total. The third-order valence-corrected chi connectivity index (χ3v) is 6.99. The maximum atomic E-state index is 10.3. The van der Waals surface area contributed by atoms with Gasteiger partial charge in [-0.25, -0.2) is 9.67 Å². The minimum atomic E-state index is -0.575. The number of ether oxygens (including phenoxy) is 3. The molecule has 0 aliphatic carbocycles. The van der Waals surface area contributed by atoms with Gasteiger partial charge in [0.05, 0.1) is 53.6 Å². The molecule has 1 aliphatic heterocycles. The highest BCUT2D eigenvalue weighted by molar-refractivity contribution is 5.91. The van der Waals surface area contributed by atoms with Crippen LogP contribution in [0, 0.1) is 0 Å². The molecule has 0 amide bonds. The monoisotopic (exact) mass is 564 g/mol. The van der Waals surface area contributed by atoms with Gasteiger partial charge in [0.1, 0.15) is 6.10 Å². The van der Waals surface area contributed by atoms with Crippen molar-refractivity contribution < 1.29 is 19.3 Å². The summed E-state index contributed by atoms with van der Waals surface area (Å²) in [4.78, 5) is 6.95. The minimum absolute atomic E-state index is 0.0668. The molecule has 0 radical (unpaired) electrons. The third kappa shape index (κ3) is 5.99. The molecule has 1 aliphatic rings. The Morgan fingerprint density at radius 2 is 2.02 bits per heavy atom. The van der Waals surface area contributed by atoms with Gasteiger partial charge in [0.2, 0.25) is 11.8 Å². The standard InChI is InChI=1S/C29H40N8O4/c1-8-36-14-19(5)41-29-26(24(16-39-7)33-35(29)6)20-11-22-23(31-32-27(22)30-12-20)10-9-21-25(15-36)37(13-18(4)38)34-28(21)40-17(2)3/h9-12,17-19,38H,8,13-16H2,1-7H3,(H,30,31,32)/b10-9+/t18-,19+/m1/s1. The van der Waals surface area contributed by atoms with Gasteiger partial charge in [-0.15, -0.1) is 5.10 Å². The van der Waals surface area contributed by atoms with Crippen LogP contribution >= 0.6 is 0 Å². The first-order valence-corrected chi connectivity index (χ1v) is 14.1. The van der Waals surface area contributed by atoms with Crippen LogP contribution in [0.15, 0.2) is 12.3 Å². The normalized spacial score (nSPS) is 17.6. The van der Waals surface area contributed by atoms with Crippen LogP contribution in [0.1, 0.15) is 57.3 Å². The zero-order valence-electron chi connectivity index (χ0n) is 24.9. The molecule has 0 unspecified atom stereocenters. The largest absolute Gasteiger partial charge is 0.473 e. The summed E-state index contributed by atoms with van der Waals surface area (Å²) in [7, 11) is 3.54. The SMILES string of the molecule is CCN1Cc2c(c(OC(C)C)nn2C[C@@H](C)O)/C=C/c2[nH]nc3ncc(cc23)-c2c(COC)nn(C)c2O[C@@H](C)C1. The summed E-state index contributed by atoms with van der Waals surface area (Å²) in [5, 5.41) is 28.2. The van der Waals surface area contributed by atoms with Crippen molar-refractivity contribution >= 4 is 23.2 Å². The predicted molar refractivity (Wildman–Crippen MR) is 156 cm³/mol. The number of likely N-dealkylation sites (N-methyl/N-ethyl adjacent to an activating group) is 1. The molecule has 0 aromatic carbocycles. The zero-order valence-corrected chi connectivity index (χ0v) is 24.9. The highest BCUT2D eigenvalue weighted by Crippen LogP contribution is 2.36. The topological polar surface area (TPSA) is 128 Å². The molecule has 220 valence electrons. The fourth-order valence-corrected chi connectivity index (χ4v) is 5.21. The molecule has 4 aromatic heterocycles. The van der Waals surface area contributed by atoms with Crippen LogP contribution < -0.4 is 9.47 Å². The lowest BCUT2D eigenvalue weighted by Gasteiger charge is -2.26. The first kappa shape index (κ1) is 28.8. The van der Waals surface area contributed by atoms with Crippen molar-refractivity contribution in [1.82, 2.24) is 39.6 Å². The number of hydrogen-bond acceptors (Lipinski definition) is 9. The van der Waals surface area contributed by atoms with Crippen molar-refractivity contribution in [3.05, 3.63) is 34.9 Å². The maximum Gasteiger partial charge on any atom is 0.240 e. The molecular formula is C29H40N8O4. The fraction of sp³-hybridized carbons (Fsp3) is 0.517. The summed E-state index contributed by atoms with van der Waals surface area (Å²) in [6.07, 6.45) is 4.99. The molecule has 2 atom stereocenters. The second-order valence-electron chi connectivity index (χ2n) is 10.9. The second-order valence-corrected chi connectivity index (χ2v) is 10.9. The number of aromatic amines is 1. The molecule has 2 bridgehead atoms. The molecular weight excluding hydrogens is 524 g/mol. The number of H-pyrrole nitrogens is 1. The van der Waals surface area contributed by atoms with E-state index in [4.69, 9.17) is 24.4 Å². The van der Waals surface area contributed by atoms with Gasteiger partial charge >= 0.3 is 0 Å². The number of fused-ring (bicyclic) bond motifs is 4. The number of hydrogen-bond donors (Lipinski definition) is 2. The van der Waals surface area contributed by atoms with Gasteiger partial charge in [0.25, 0.3) is 0 Å². The van der Waals surface area contributed by atoms with Crippen molar-refractivity contribution in [2.24, 2.45) is 7.05 Å². The van der Waals surface area contributed by atoms with Crippen molar-refractivity contribution in [2.75, 3.05) is 20.2 Å². The van der Waals surface area contributed by atoms with Gasteiger partial charge in [0.15, 0.2) is 5.65 Å². The van der Waals surface area contributed by atoms with Crippen molar-refractivity contribution in [3.8, 4) is 22.9 Å². The molecule has 5 rings (SSSR count). The summed E-state index contributed by atoms with van der Waals surface area (Å²) in [5.41, 5.74) is 5.72. The lowest BCUT2D eigenvalue weighted by Crippen LogP contribution is -2.35. The van der Waals surface area contributed by atoms with Crippen LogP contribution in [0.5, 0.6) is 11.8 Å². The summed E-state index contributed by atoms with van der Waals surface area (Å²) < 4.78 is 21.9. The van der Waals surface area contributed by atoms with E-state index in [1.165, 1.54) is 0 Å². The van der Waals surface area contributed by atoms with Crippen LogP contribution in [0.3, 0.4) is 0 Å². The molecule has 2 N–H and O–H groups in total. The highest BCUT2D eigenvalue weighted by Gasteiger charge is 2.26. The molecule has 0 fully saturated rings. The van der Waals surface area contributed by atoms with Crippen molar-refractivity contribution in [3.63, 3.8) is 0 Å². The average molecular weight is 565 g/mol. The van der Waals surface area contributed by atoms with Crippen LogP contribution in [-0.4, -0.2) is 83.3 Å². The lowest BCUT2D eigenvalue weighted by molar-refractivity contribution is 0.131. The summed E-state index contributed by atoms with van der Waals surface area (Å²) in [6.45, 7) is 12.6. The molecule has 0 spiro atoms. The number of aliphatic hydroxyl groups is 1. The Morgan fingerprint density at radius 3 is 2.73 bits per heavy atom. The summed E-state index contributed by atoms with van der Waals surface area (Å²) in [5.74, 6) is 1.19. The van der Waals surface area contributed by atoms with Crippen LogP contribution in [0.25, 0.3) is 34.3 Å². The third-order valence-electron chi connectivity index (χ3n) is 6.99. The number of aryl methyl sites for hydroxylation is 1. The fourth-order valence-electron chi connectivity index (χ4n) is 5.21. The minimum Gasteiger partial charge on any atom is -0.473 e. The van der Waals surface area contributed by atoms with Crippen molar-refractivity contribution in [1.29, 1.82) is 0 Å². The van der Waals surface area contributed by atoms with Gasteiger partial charge in [-0.05, 0) is 52.5 Å². The smallest absolute Gasteiger partial charge is 0.240 e. The average Bonchev–Trinajstić information content (AvgIpc) is 3.54.